The molecule has 0 atom stereocenters. The van der Waals surface area contributed by atoms with E-state index in [1.807, 2.05) is 32.2 Å². The van der Waals surface area contributed by atoms with E-state index in [2.05, 4.69) is 29.2 Å². The Kier molecular flexibility index (Phi) is 7.74. The van der Waals surface area contributed by atoms with E-state index < -0.39 is 0 Å². The zero-order valence-electron chi connectivity index (χ0n) is 18.0. The average molecular weight is 411 g/mol. The third kappa shape index (κ3) is 5.76. The number of carbonyl (C=O) groups excluding carboxylic acids is 1. The lowest BCUT2D eigenvalue weighted by molar-refractivity contribution is -0.125. The van der Waals surface area contributed by atoms with Crippen molar-refractivity contribution < 1.29 is 19.0 Å². The topological polar surface area (TPSA) is 51.2 Å². The molecule has 1 fully saturated rings. The molecular formula is C24H30N2O4. The van der Waals surface area contributed by atoms with Crippen LogP contribution in [0.4, 0.5) is 5.69 Å². The highest BCUT2D eigenvalue weighted by Crippen LogP contribution is 2.28. The third-order valence-corrected chi connectivity index (χ3v) is 5.01. The number of hydrogen-bond donors (Lipinski definition) is 0. The maximum atomic E-state index is 12.5. The van der Waals surface area contributed by atoms with Crippen molar-refractivity contribution in [3.8, 4) is 11.5 Å². The Labute approximate surface area is 178 Å². The number of methoxy groups -OCH3 is 1. The summed E-state index contributed by atoms with van der Waals surface area (Å²) in [4.78, 5) is 16.5. The maximum Gasteiger partial charge on any atom is 0.246 e. The Morgan fingerprint density at radius 2 is 1.87 bits per heavy atom. The Hall–Kier alpha value is -2.99. The Morgan fingerprint density at radius 3 is 2.53 bits per heavy atom. The van der Waals surface area contributed by atoms with Crippen LogP contribution in [0.1, 0.15) is 18.1 Å². The number of rotatable bonds is 8. The molecule has 6 nitrogen and oxygen atoms in total. The van der Waals surface area contributed by atoms with Gasteiger partial charge in [-0.25, -0.2) is 0 Å². The van der Waals surface area contributed by atoms with Crippen molar-refractivity contribution in [2.75, 3.05) is 52.0 Å². The van der Waals surface area contributed by atoms with Crippen molar-refractivity contribution in [3.63, 3.8) is 0 Å². The lowest BCUT2D eigenvalue weighted by Crippen LogP contribution is -2.36. The van der Waals surface area contributed by atoms with Crippen LogP contribution in [0.3, 0.4) is 0 Å². The second kappa shape index (κ2) is 10.7. The summed E-state index contributed by atoms with van der Waals surface area (Å²) in [5, 5.41) is 0. The Balaban J connectivity index is 1.58. The standard InChI is InChI=1S/C24H30N2O4/c1-4-30-23-17-19(7-11-22(23)28-3)8-12-24(27)25(2)18-20-5-9-21(10-6-20)26-13-15-29-16-14-26/h5-12,17H,4,13-16,18H2,1-3H3/b12-8+. The minimum absolute atomic E-state index is 0.0546. The number of nitrogens with zero attached hydrogens (tertiary/aromatic N) is 2. The molecule has 0 bridgehead atoms. The summed E-state index contributed by atoms with van der Waals surface area (Å²) in [6.45, 7) is 6.40. The van der Waals surface area contributed by atoms with Gasteiger partial charge >= 0.3 is 0 Å². The van der Waals surface area contributed by atoms with Crippen molar-refractivity contribution in [2.45, 2.75) is 13.5 Å². The Bertz CT molecular complexity index is 858. The molecule has 30 heavy (non-hydrogen) atoms. The number of amides is 1. The van der Waals surface area contributed by atoms with Crippen molar-refractivity contribution in [3.05, 3.63) is 59.7 Å². The van der Waals surface area contributed by atoms with Gasteiger partial charge in [0.2, 0.25) is 5.91 Å². The van der Waals surface area contributed by atoms with Gasteiger partial charge in [-0.3, -0.25) is 4.79 Å². The molecule has 0 saturated carbocycles. The lowest BCUT2D eigenvalue weighted by Gasteiger charge is -2.29. The highest BCUT2D eigenvalue weighted by Gasteiger charge is 2.12. The van der Waals surface area contributed by atoms with Crippen molar-refractivity contribution in [2.24, 2.45) is 0 Å². The molecule has 6 heteroatoms. The quantitative estimate of drug-likeness (QED) is 0.623. The van der Waals surface area contributed by atoms with Gasteiger partial charge in [0.25, 0.3) is 0 Å². The van der Waals surface area contributed by atoms with Crippen LogP contribution in [-0.2, 0) is 16.1 Å². The third-order valence-electron chi connectivity index (χ3n) is 5.01. The molecule has 0 spiro atoms. The second-order valence-corrected chi connectivity index (χ2v) is 7.14. The predicted octanol–water partition coefficient (Wildman–Crippen LogP) is 3.60. The number of benzene rings is 2. The first-order valence-corrected chi connectivity index (χ1v) is 10.3. The van der Waals surface area contributed by atoms with E-state index in [-0.39, 0.29) is 5.91 Å². The van der Waals surface area contributed by atoms with Crippen LogP contribution < -0.4 is 14.4 Å². The van der Waals surface area contributed by atoms with Gasteiger partial charge in [0.1, 0.15) is 0 Å². The molecule has 1 aliphatic rings. The molecule has 3 rings (SSSR count). The molecule has 1 amide bonds. The predicted molar refractivity (Wildman–Crippen MR) is 119 cm³/mol. The highest BCUT2D eigenvalue weighted by molar-refractivity contribution is 5.91. The van der Waals surface area contributed by atoms with Gasteiger partial charge in [0.15, 0.2) is 11.5 Å². The maximum absolute atomic E-state index is 12.5. The van der Waals surface area contributed by atoms with Gasteiger partial charge in [-0.1, -0.05) is 18.2 Å². The molecule has 2 aromatic carbocycles. The summed E-state index contributed by atoms with van der Waals surface area (Å²) < 4.78 is 16.3. The summed E-state index contributed by atoms with van der Waals surface area (Å²) in [5.41, 5.74) is 3.18. The van der Waals surface area contributed by atoms with Crippen LogP contribution in [0.15, 0.2) is 48.5 Å². The first-order valence-electron chi connectivity index (χ1n) is 10.3. The number of carbonyl (C=O) groups is 1. The van der Waals surface area contributed by atoms with Crippen LogP contribution >= 0.6 is 0 Å². The van der Waals surface area contributed by atoms with Crippen molar-refractivity contribution >= 4 is 17.7 Å². The van der Waals surface area contributed by atoms with E-state index in [0.29, 0.717) is 24.7 Å². The Morgan fingerprint density at radius 1 is 1.13 bits per heavy atom. The summed E-state index contributed by atoms with van der Waals surface area (Å²) in [5.74, 6) is 1.29. The lowest BCUT2D eigenvalue weighted by atomic mass is 10.1. The molecule has 160 valence electrons. The summed E-state index contributed by atoms with van der Waals surface area (Å²) in [7, 11) is 3.42. The van der Waals surface area contributed by atoms with Gasteiger partial charge < -0.3 is 24.0 Å². The zero-order chi connectivity index (χ0) is 21.3. The van der Waals surface area contributed by atoms with E-state index in [9.17, 15) is 4.79 Å². The van der Waals surface area contributed by atoms with Gasteiger partial charge in [-0.15, -0.1) is 0 Å². The molecule has 0 aromatic heterocycles. The molecule has 1 saturated heterocycles. The molecular weight excluding hydrogens is 380 g/mol. The van der Waals surface area contributed by atoms with Gasteiger partial charge in [0.05, 0.1) is 26.9 Å². The SMILES string of the molecule is CCOc1cc(/C=C/C(=O)N(C)Cc2ccc(N3CCOCC3)cc2)ccc1OC. The van der Waals surface area contributed by atoms with Crippen molar-refractivity contribution in [1.82, 2.24) is 4.90 Å². The van der Waals surface area contributed by atoms with Gasteiger partial charge in [-0.2, -0.15) is 0 Å². The molecule has 0 unspecified atom stereocenters. The van der Waals surface area contributed by atoms with E-state index in [4.69, 9.17) is 14.2 Å². The smallest absolute Gasteiger partial charge is 0.246 e. The van der Waals surface area contributed by atoms with Crippen LogP contribution in [0, 0.1) is 0 Å². The molecule has 1 aliphatic heterocycles. The number of ether oxygens (including phenoxy) is 3. The van der Waals surface area contributed by atoms with E-state index in [0.717, 1.165) is 37.4 Å². The average Bonchev–Trinajstić information content (AvgIpc) is 2.79. The monoisotopic (exact) mass is 410 g/mol. The minimum Gasteiger partial charge on any atom is -0.493 e. The molecule has 0 aliphatic carbocycles. The summed E-state index contributed by atoms with van der Waals surface area (Å²) in [6.07, 6.45) is 3.38. The second-order valence-electron chi connectivity index (χ2n) is 7.14. The number of hydrogen-bond acceptors (Lipinski definition) is 5. The van der Waals surface area contributed by atoms with Crippen LogP contribution in [0.25, 0.3) is 6.08 Å². The van der Waals surface area contributed by atoms with Crippen LogP contribution in [-0.4, -0.2) is 57.9 Å². The van der Waals surface area contributed by atoms with E-state index in [1.54, 1.807) is 24.2 Å². The van der Waals surface area contributed by atoms with Crippen LogP contribution in [0.5, 0.6) is 11.5 Å². The molecule has 1 heterocycles. The number of anilines is 1. The molecule has 0 radical (unpaired) electrons. The fraction of sp³-hybridized carbons (Fsp3) is 0.375. The first kappa shape index (κ1) is 21.7. The summed E-state index contributed by atoms with van der Waals surface area (Å²) in [6, 6.07) is 14.0. The van der Waals surface area contributed by atoms with E-state index in [1.165, 1.54) is 5.69 Å². The van der Waals surface area contributed by atoms with Gasteiger partial charge in [-0.05, 0) is 48.4 Å². The van der Waals surface area contributed by atoms with Crippen LogP contribution in [0.2, 0.25) is 0 Å². The number of likely N-dealkylation sites (N-methyl/N-ethyl adjacent to an activating group) is 1. The largest absolute Gasteiger partial charge is 0.493 e. The molecule has 0 N–H and O–H groups in total. The highest BCUT2D eigenvalue weighted by atomic mass is 16.5. The van der Waals surface area contributed by atoms with Crippen molar-refractivity contribution in [1.29, 1.82) is 0 Å². The fourth-order valence-electron chi connectivity index (χ4n) is 3.35. The fourth-order valence-corrected chi connectivity index (χ4v) is 3.35. The van der Waals surface area contributed by atoms with E-state index >= 15 is 0 Å². The van der Waals surface area contributed by atoms with Gasteiger partial charge in [0, 0.05) is 38.4 Å². The minimum atomic E-state index is -0.0546. The normalized spacial score (nSPS) is 14.0. The first-order chi connectivity index (χ1) is 14.6. The summed E-state index contributed by atoms with van der Waals surface area (Å²) >= 11 is 0. The zero-order valence-corrected chi connectivity index (χ0v) is 18.0. The number of morpholine rings is 1. The molecule has 2 aromatic rings.